The molecule has 2 aromatic carbocycles. The maximum Gasteiger partial charge on any atom is 0.253 e. The van der Waals surface area contributed by atoms with E-state index in [2.05, 4.69) is 5.32 Å². The summed E-state index contributed by atoms with van der Waals surface area (Å²) in [5, 5.41) is 2.85. The Hall–Kier alpha value is -3.02. The van der Waals surface area contributed by atoms with E-state index in [0.717, 1.165) is 31.5 Å². The van der Waals surface area contributed by atoms with E-state index in [4.69, 9.17) is 9.47 Å². The highest BCUT2D eigenvalue weighted by Crippen LogP contribution is 2.25. The molecule has 0 aromatic heterocycles. The van der Waals surface area contributed by atoms with Crippen molar-refractivity contribution in [2.45, 2.75) is 19.3 Å². The van der Waals surface area contributed by atoms with Crippen LogP contribution in [0.5, 0.6) is 11.5 Å². The second-order valence-electron chi connectivity index (χ2n) is 6.48. The van der Waals surface area contributed by atoms with Crippen LogP contribution >= 0.6 is 0 Å². The first kappa shape index (κ1) is 18.8. The lowest BCUT2D eigenvalue weighted by atomic mass is 10.1. The molecule has 0 unspecified atom stereocenters. The van der Waals surface area contributed by atoms with E-state index in [0.29, 0.717) is 22.7 Å². The lowest BCUT2D eigenvalue weighted by Crippen LogP contribution is -2.27. The van der Waals surface area contributed by atoms with Crippen molar-refractivity contribution >= 4 is 17.5 Å². The maximum atomic E-state index is 12.4. The number of carbonyl (C=O) groups excluding carboxylic acids is 2. The molecule has 2 amide bonds. The molecule has 0 atom stereocenters. The summed E-state index contributed by atoms with van der Waals surface area (Å²) in [4.78, 5) is 26.6. The zero-order valence-corrected chi connectivity index (χ0v) is 15.7. The molecular weight excluding hydrogens is 344 g/mol. The SMILES string of the molecule is COc1ccc(OC)c(CC(=O)Nc2ccc(C(=O)N3CCCC3)cc2)c1. The predicted molar refractivity (Wildman–Crippen MR) is 103 cm³/mol. The second kappa shape index (κ2) is 8.58. The van der Waals surface area contributed by atoms with Crippen LogP contribution < -0.4 is 14.8 Å². The number of methoxy groups -OCH3 is 2. The fourth-order valence-electron chi connectivity index (χ4n) is 3.20. The molecule has 1 aliphatic heterocycles. The topological polar surface area (TPSA) is 67.9 Å². The molecule has 1 N–H and O–H groups in total. The minimum Gasteiger partial charge on any atom is -0.497 e. The highest BCUT2D eigenvalue weighted by atomic mass is 16.5. The fourth-order valence-corrected chi connectivity index (χ4v) is 3.20. The Labute approximate surface area is 159 Å². The number of rotatable bonds is 6. The van der Waals surface area contributed by atoms with Crippen molar-refractivity contribution < 1.29 is 19.1 Å². The van der Waals surface area contributed by atoms with E-state index in [1.54, 1.807) is 56.7 Å². The third-order valence-electron chi connectivity index (χ3n) is 4.65. The van der Waals surface area contributed by atoms with Gasteiger partial charge in [-0.15, -0.1) is 0 Å². The van der Waals surface area contributed by atoms with Crippen molar-refractivity contribution in [3.8, 4) is 11.5 Å². The van der Waals surface area contributed by atoms with Crippen molar-refractivity contribution in [1.29, 1.82) is 0 Å². The lowest BCUT2D eigenvalue weighted by Gasteiger charge is -2.15. The third-order valence-corrected chi connectivity index (χ3v) is 4.65. The van der Waals surface area contributed by atoms with Crippen LogP contribution in [0.2, 0.25) is 0 Å². The Morgan fingerprint density at radius 3 is 2.33 bits per heavy atom. The van der Waals surface area contributed by atoms with Gasteiger partial charge in [-0.05, 0) is 55.3 Å². The first-order valence-electron chi connectivity index (χ1n) is 9.01. The number of nitrogens with zero attached hydrogens (tertiary/aromatic N) is 1. The van der Waals surface area contributed by atoms with Crippen LogP contribution in [0.1, 0.15) is 28.8 Å². The molecule has 27 heavy (non-hydrogen) atoms. The molecule has 0 spiro atoms. The van der Waals surface area contributed by atoms with Crippen LogP contribution in [0, 0.1) is 0 Å². The zero-order valence-electron chi connectivity index (χ0n) is 15.7. The molecule has 0 aliphatic carbocycles. The van der Waals surface area contributed by atoms with Gasteiger partial charge in [0.1, 0.15) is 11.5 Å². The van der Waals surface area contributed by atoms with Gasteiger partial charge in [-0.25, -0.2) is 0 Å². The Bertz CT molecular complexity index is 811. The smallest absolute Gasteiger partial charge is 0.253 e. The van der Waals surface area contributed by atoms with Crippen molar-refractivity contribution in [3.05, 3.63) is 53.6 Å². The third kappa shape index (κ3) is 4.58. The van der Waals surface area contributed by atoms with E-state index < -0.39 is 0 Å². The van der Waals surface area contributed by atoms with Crippen molar-refractivity contribution in [2.24, 2.45) is 0 Å². The molecule has 1 heterocycles. The molecule has 142 valence electrons. The van der Waals surface area contributed by atoms with Gasteiger partial charge < -0.3 is 19.7 Å². The van der Waals surface area contributed by atoms with Crippen LogP contribution in [0.25, 0.3) is 0 Å². The van der Waals surface area contributed by atoms with Gasteiger partial charge in [0.25, 0.3) is 5.91 Å². The standard InChI is InChI=1S/C21H24N2O4/c1-26-18-9-10-19(27-2)16(13-18)14-20(24)22-17-7-5-15(6-8-17)21(25)23-11-3-4-12-23/h5-10,13H,3-4,11-12,14H2,1-2H3,(H,22,24). The summed E-state index contributed by atoms with van der Waals surface area (Å²) in [6, 6.07) is 12.4. The number of carbonyl (C=O) groups is 2. The first-order chi connectivity index (χ1) is 13.1. The molecule has 1 fully saturated rings. The van der Waals surface area contributed by atoms with E-state index in [1.807, 2.05) is 4.90 Å². The van der Waals surface area contributed by atoms with Gasteiger partial charge >= 0.3 is 0 Å². The fraction of sp³-hybridized carbons (Fsp3) is 0.333. The number of amides is 2. The Morgan fingerprint density at radius 1 is 1.00 bits per heavy atom. The van der Waals surface area contributed by atoms with Gasteiger partial charge in [0, 0.05) is 29.9 Å². The summed E-state index contributed by atoms with van der Waals surface area (Å²) < 4.78 is 10.5. The molecule has 0 bridgehead atoms. The van der Waals surface area contributed by atoms with E-state index in [9.17, 15) is 9.59 Å². The van der Waals surface area contributed by atoms with E-state index in [1.165, 1.54) is 0 Å². The number of hydrogen-bond donors (Lipinski definition) is 1. The Balaban J connectivity index is 1.63. The molecular formula is C21H24N2O4. The van der Waals surface area contributed by atoms with Crippen LogP contribution in [-0.4, -0.2) is 44.0 Å². The molecule has 0 radical (unpaired) electrons. The number of hydrogen-bond acceptors (Lipinski definition) is 4. The van der Waals surface area contributed by atoms with Gasteiger partial charge in [-0.2, -0.15) is 0 Å². The van der Waals surface area contributed by atoms with Crippen LogP contribution in [-0.2, 0) is 11.2 Å². The summed E-state index contributed by atoms with van der Waals surface area (Å²) in [5.41, 5.74) is 2.04. The molecule has 3 rings (SSSR count). The molecule has 6 nitrogen and oxygen atoms in total. The number of anilines is 1. The predicted octanol–water partition coefficient (Wildman–Crippen LogP) is 3.12. The van der Waals surface area contributed by atoms with E-state index >= 15 is 0 Å². The van der Waals surface area contributed by atoms with Crippen LogP contribution in [0.4, 0.5) is 5.69 Å². The van der Waals surface area contributed by atoms with Gasteiger partial charge in [-0.1, -0.05) is 0 Å². The second-order valence-corrected chi connectivity index (χ2v) is 6.48. The summed E-state index contributed by atoms with van der Waals surface area (Å²) in [7, 11) is 3.15. The van der Waals surface area contributed by atoms with E-state index in [-0.39, 0.29) is 18.2 Å². The quantitative estimate of drug-likeness (QED) is 0.851. The summed E-state index contributed by atoms with van der Waals surface area (Å²) >= 11 is 0. The van der Waals surface area contributed by atoms with Crippen LogP contribution in [0.3, 0.4) is 0 Å². The zero-order chi connectivity index (χ0) is 19.2. The molecule has 0 saturated carbocycles. The number of nitrogens with one attached hydrogen (secondary N) is 1. The minimum atomic E-state index is -0.167. The van der Waals surface area contributed by atoms with Crippen molar-refractivity contribution in [2.75, 3.05) is 32.6 Å². The monoisotopic (exact) mass is 368 g/mol. The van der Waals surface area contributed by atoms with Crippen LogP contribution in [0.15, 0.2) is 42.5 Å². The Morgan fingerprint density at radius 2 is 1.70 bits per heavy atom. The average molecular weight is 368 g/mol. The highest BCUT2D eigenvalue weighted by molar-refractivity contribution is 5.96. The highest BCUT2D eigenvalue weighted by Gasteiger charge is 2.19. The lowest BCUT2D eigenvalue weighted by molar-refractivity contribution is -0.115. The van der Waals surface area contributed by atoms with Gasteiger partial charge in [-0.3, -0.25) is 9.59 Å². The maximum absolute atomic E-state index is 12.4. The molecule has 6 heteroatoms. The summed E-state index contributed by atoms with van der Waals surface area (Å²) in [5.74, 6) is 1.19. The normalized spacial score (nSPS) is 13.3. The minimum absolute atomic E-state index is 0.0477. The largest absolute Gasteiger partial charge is 0.497 e. The molecule has 1 saturated heterocycles. The Kier molecular flexibility index (Phi) is 5.96. The summed E-state index contributed by atoms with van der Waals surface area (Å²) in [6.45, 7) is 1.64. The van der Waals surface area contributed by atoms with Gasteiger partial charge in [0.2, 0.25) is 5.91 Å². The van der Waals surface area contributed by atoms with Gasteiger partial charge in [0.05, 0.1) is 20.6 Å². The summed E-state index contributed by atoms with van der Waals surface area (Å²) in [6.07, 6.45) is 2.29. The number of benzene rings is 2. The average Bonchev–Trinajstić information content (AvgIpc) is 3.22. The first-order valence-corrected chi connectivity index (χ1v) is 9.01. The molecule has 1 aliphatic rings. The van der Waals surface area contributed by atoms with Gasteiger partial charge in [0.15, 0.2) is 0 Å². The molecule has 2 aromatic rings. The van der Waals surface area contributed by atoms with Crippen molar-refractivity contribution in [1.82, 2.24) is 4.90 Å². The number of likely N-dealkylation sites (tertiary alicyclic amines) is 1. The number of ether oxygens (including phenoxy) is 2. The van der Waals surface area contributed by atoms with Crippen molar-refractivity contribution in [3.63, 3.8) is 0 Å².